The Labute approximate surface area is 104 Å². The average Bonchev–Trinajstić information content (AvgIpc) is 2.75. The number of methoxy groups -OCH3 is 1. The first-order chi connectivity index (χ1) is 8.13. The van der Waals surface area contributed by atoms with Gasteiger partial charge >= 0.3 is 0 Å². The molecule has 0 radical (unpaired) electrons. The molecular formula is C13H13NO2S. The molecule has 0 bridgehead atoms. The maximum atomic E-state index is 12.2. The van der Waals surface area contributed by atoms with Gasteiger partial charge in [0.15, 0.2) is 0 Å². The molecule has 1 aromatic heterocycles. The fraction of sp³-hybridized carbons (Fsp3) is 0.154. The van der Waals surface area contributed by atoms with Gasteiger partial charge in [0.05, 0.1) is 17.7 Å². The fourth-order valence-electron chi connectivity index (χ4n) is 1.59. The van der Waals surface area contributed by atoms with Crippen LogP contribution in [0.5, 0.6) is 5.75 Å². The molecule has 0 aliphatic heterocycles. The number of hydrogen-bond acceptors (Lipinski definition) is 4. The summed E-state index contributed by atoms with van der Waals surface area (Å²) >= 11 is 1.45. The molecule has 0 amide bonds. The Kier molecular flexibility index (Phi) is 3.15. The number of ketones is 1. The van der Waals surface area contributed by atoms with E-state index in [4.69, 9.17) is 10.5 Å². The highest BCUT2D eigenvalue weighted by molar-refractivity contribution is 7.12. The molecule has 2 N–H and O–H groups in total. The van der Waals surface area contributed by atoms with Crippen LogP contribution in [0.15, 0.2) is 29.6 Å². The first-order valence-electron chi connectivity index (χ1n) is 5.16. The lowest BCUT2D eigenvalue weighted by molar-refractivity contribution is 0.104. The second-order valence-corrected chi connectivity index (χ2v) is 4.63. The van der Waals surface area contributed by atoms with E-state index in [0.717, 1.165) is 10.4 Å². The van der Waals surface area contributed by atoms with Crippen LogP contribution in [0.3, 0.4) is 0 Å². The summed E-state index contributed by atoms with van der Waals surface area (Å²) in [5.74, 6) is 0.542. The van der Waals surface area contributed by atoms with E-state index in [2.05, 4.69) is 0 Å². The Morgan fingerprint density at radius 1 is 1.35 bits per heavy atom. The van der Waals surface area contributed by atoms with Gasteiger partial charge in [-0.3, -0.25) is 4.79 Å². The summed E-state index contributed by atoms with van der Waals surface area (Å²) in [5.41, 5.74) is 7.84. The number of carbonyl (C=O) groups is 1. The Morgan fingerprint density at radius 2 is 2.12 bits per heavy atom. The van der Waals surface area contributed by atoms with Gasteiger partial charge in [-0.15, -0.1) is 11.3 Å². The van der Waals surface area contributed by atoms with Gasteiger partial charge in [-0.25, -0.2) is 0 Å². The van der Waals surface area contributed by atoms with Gasteiger partial charge in [-0.1, -0.05) is 0 Å². The predicted molar refractivity (Wildman–Crippen MR) is 69.9 cm³/mol. The van der Waals surface area contributed by atoms with Crippen LogP contribution < -0.4 is 10.5 Å². The van der Waals surface area contributed by atoms with Gasteiger partial charge < -0.3 is 10.5 Å². The number of aryl methyl sites for hydroxylation is 1. The second-order valence-electron chi connectivity index (χ2n) is 3.72. The Balaban J connectivity index is 2.41. The summed E-state index contributed by atoms with van der Waals surface area (Å²) in [5, 5.41) is 1.91. The molecule has 0 aliphatic rings. The molecule has 0 aliphatic carbocycles. The first-order valence-corrected chi connectivity index (χ1v) is 6.03. The topological polar surface area (TPSA) is 52.3 Å². The zero-order valence-electron chi connectivity index (χ0n) is 9.69. The van der Waals surface area contributed by atoms with Crippen molar-refractivity contribution in [2.45, 2.75) is 6.92 Å². The van der Waals surface area contributed by atoms with E-state index in [9.17, 15) is 4.79 Å². The molecule has 0 fully saturated rings. The van der Waals surface area contributed by atoms with Crippen LogP contribution in [0.2, 0.25) is 0 Å². The molecule has 2 aromatic rings. The monoisotopic (exact) mass is 247 g/mol. The van der Waals surface area contributed by atoms with Crippen LogP contribution in [-0.4, -0.2) is 12.9 Å². The summed E-state index contributed by atoms with van der Waals surface area (Å²) in [4.78, 5) is 13.0. The lowest BCUT2D eigenvalue weighted by Crippen LogP contribution is -2.02. The average molecular weight is 247 g/mol. The van der Waals surface area contributed by atoms with Gasteiger partial charge in [0.25, 0.3) is 0 Å². The summed E-state index contributed by atoms with van der Waals surface area (Å²) < 4.78 is 5.11. The van der Waals surface area contributed by atoms with Crippen molar-refractivity contribution in [3.63, 3.8) is 0 Å². The van der Waals surface area contributed by atoms with Crippen LogP contribution in [-0.2, 0) is 0 Å². The van der Waals surface area contributed by atoms with Crippen molar-refractivity contribution in [1.82, 2.24) is 0 Å². The molecule has 0 saturated carbocycles. The van der Waals surface area contributed by atoms with E-state index in [1.54, 1.807) is 18.2 Å². The largest absolute Gasteiger partial charge is 0.495 e. The lowest BCUT2D eigenvalue weighted by Gasteiger charge is -2.06. The van der Waals surface area contributed by atoms with Crippen LogP contribution >= 0.6 is 11.3 Å². The van der Waals surface area contributed by atoms with Gasteiger partial charge in [0.2, 0.25) is 5.78 Å². The molecule has 4 heteroatoms. The molecule has 88 valence electrons. The van der Waals surface area contributed by atoms with Crippen LogP contribution in [0.4, 0.5) is 5.69 Å². The van der Waals surface area contributed by atoms with Crippen LogP contribution in [0.1, 0.15) is 20.8 Å². The predicted octanol–water partition coefficient (Wildman–Crippen LogP) is 2.88. The van der Waals surface area contributed by atoms with Gasteiger partial charge in [0.1, 0.15) is 5.75 Å². The van der Waals surface area contributed by atoms with Gasteiger partial charge in [-0.05, 0) is 42.1 Å². The minimum Gasteiger partial charge on any atom is -0.495 e. The lowest BCUT2D eigenvalue weighted by atomic mass is 10.1. The van der Waals surface area contributed by atoms with Crippen LogP contribution in [0.25, 0.3) is 0 Å². The highest BCUT2D eigenvalue weighted by Gasteiger charge is 2.14. The van der Waals surface area contributed by atoms with Crippen molar-refractivity contribution >= 4 is 22.8 Å². The van der Waals surface area contributed by atoms with Crippen molar-refractivity contribution in [3.8, 4) is 5.75 Å². The van der Waals surface area contributed by atoms with Crippen molar-refractivity contribution in [3.05, 3.63) is 45.6 Å². The smallest absolute Gasteiger partial charge is 0.203 e. The molecular weight excluding hydrogens is 234 g/mol. The summed E-state index contributed by atoms with van der Waals surface area (Å²) in [6.45, 7) is 1.93. The highest BCUT2D eigenvalue weighted by Crippen LogP contribution is 2.26. The van der Waals surface area contributed by atoms with E-state index in [-0.39, 0.29) is 5.78 Å². The van der Waals surface area contributed by atoms with E-state index in [1.165, 1.54) is 18.4 Å². The van der Waals surface area contributed by atoms with Gasteiger partial charge in [0, 0.05) is 5.56 Å². The third kappa shape index (κ3) is 2.17. The normalized spacial score (nSPS) is 10.2. The number of anilines is 1. The number of thiophene rings is 1. The van der Waals surface area contributed by atoms with Crippen molar-refractivity contribution in [2.75, 3.05) is 12.8 Å². The van der Waals surface area contributed by atoms with E-state index < -0.39 is 0 Å². The molecule has 0 unspecified atom stereocenters. The SMILES string of the molecule is COc1cc(C(=O)c2sccc2C)ccc1N. The molecule has 1 aromatic carbocycles. The quantitative estimate of drug-likeness (QED) is 0.670. The fourth-order valence-corrected chi connectivity index (χ4v) is 2.48. The number of rotatable bonds is 3. The van der Waals surface area contributed by atoms with Crippen molar-refractivity contribution in [1.29, 1.82) is 0 Å². The van der Waals surface area contributed by atoms with Gasteiger partial charge in [-0.2, -0.15) is 0 Å². The number of nitrogens with two attached hydrogens (primary N) is 1. The summed E-state index contributed by atoms with van der Waals surface area (Å²) in [7, 11) is 1.54. The Bertz CT molecular complexity index is 560. The number of nitrogen functional groups attached to an aromatic ring is 1. The zero-order valence-corrected chi connectivity index (χ0v) is 10.5. The van der Waals surface area contributed by atoms with E-state index >= 15 is 0 Å². The number of carbonyl (C=O) groups excluding carboxylic acids is 1. The third-order valence-corrected chi connectivity index (χ3v) is 3.58. The molecule has 1 heterocycles. The van der Waals surface area contributed by atoms with Crippen molar-refractivity contribution < 1.29 is 9.53 Å². The number of hydrogen-bond donors (Lipinski definition) is 1. The summed E-state index contributed by atoms with van der Waals surface area (Å²) in [6.07, 6.45) is 0. The standard InChI is InChI=1S/C13H13NO2S/c1-8-5-6-17-13(8)12(15)9-3-4-10(14)11(7-9)16-2/h3-7H,14H2,1-2H3. The van der Waals surface area contributed by atoms with Crippen molar-refractivity contribution in [2.24, 2.45) is 0 Å². The Hall–Kier alpha value is -1.81. The molecule has 0 spiro atoms. The van der Waals surface area contributed by atoms with Crippen LogP contribution in [0, 0.1) is 6.92 Å². The maximum absolute atomic E-state index is 12.2. The van der Waals surface area contributed by atoms with E-state index in [1.807, 2.05) is 18.4 Å². The molecule has 0 saturated heterocycles. The third-order valence-electron chi connectivity index (χ3n) is 2.56. The Morgan fingerprint density at radius 3 is 2.71 bits per heavy atom. The highest BCUT2D eigenvalue weighted by atomic mass is 32.1. The second kappa shape index (κ2) is 4.59. The first kappa shape index (κ1) is 11.7. The molecule has 3 nitrogen and oxygen atoms in total. The number of benzene rings is 1. The molecule has 17 heavy (non-hydrogen) atoms. The summed E-state index contributed by atoms with van der Waals surface area (Å²) in [6, 6.07) is 7.03. The zero-order chi connectivity index (χ0) is 12.4. The minimum atomic E-state index is 0.0100. The minimum absolute atomic E-state index is 0.0100. The maximum Gasteiger partial charge on any atom is 0.203 e. The molecule has 0 atom stereocenters. The van der Waals surface area contributed by atoms with E-state index in [0.29, 0.717) is 17.0 Å². The number of ether oxygens (including phenoxy) is 1. The molecule has 2 rings (SSSR count).